The highest BCUT2D eigenvalue weighted by Gasteiger charge is 2.19. The number of piperazine rings is 1. The number of anilines is 2. The SMILES string of the molecule is CCN1CCN(c2cc(C(=O)Nc3cc(C)ccc3OC)ncn2)CC1. The second kappa shape index (κ2) is 8.14. The fraction of sp³-hybridized carbons (Fsp3) is 0.421. The zero-order valence-corrected chi connectivity index (χ0v) is 15.5. The molecule has 26 heavy (non-hydrogen) atoms. The summed E-state index contributed by atoms with van der Waals surface area (Å²) in [4.78, 5) is 25.7. The minimum atomic E-state index is -0.273. The number of hydrogen-bond acceptors (Lipinski definition) is 6. The summed E-state index contributed by atoms with van der Waals surface area (Å²) in [6, 6.07) is 7.40. The Bertz CT molecular complexity index is 772. The number of amides is 1. The molecule has 1 fully saturated rings. The van der Waals surface area contributed by atoms with Crippen LogP contribution < -0.4 is 15.0 Å². The average Bonchev–Trinajstić information content (AvgIpc) is 2.68. The maximum Gasteiger partial charge on any atom is 0.274 e. The molecule has 3 rings (SSSR count). The lowest BCUT2D eigenvalue weighted by Gasteiger charge is -2.34. The van der Waals surface area contributed by atoms with Gasteiger partial charge in [0.05, 0.1) is 12.8 Å². The molecule has 1 aromatic heterocycles. The molecule has 0 radical (unpaired) electrons. The normalized spacial score (nSPS) is 15.0. The summed E-state index contributed by atoms with van der Waals surface area (Å²) in [5.41, 5.74) is 2.02. The van der Waals surface area contributed by atoms with Crippen molar-refractivity contribution < 1.29 is 9.53 Å². The topological polar surface area (TPSA) is 70.6 Å². The Morgan fingerprint density at radius 1 is 1.19 bits per heavy atom. The predicted octanol–water partition coefficient (Wildman–Crippen LogP) is 2.19. The molecule has 0 spiro atoms. The van der Waals surface area contributed by atoms with E-state index in [0.717, 1.165) is 44.1 Å². The van der Waals surface area contributed by atoms with E-state index in [1.165, 1.54) is 6.33 Å². The van der Waals surface area contributed by atoms with Crippen LogP contribution in [0.3, 0.4) is 0 Å². The van der Waals surface area contributed by atoms with Crippen molar-refractivity contribution in [3.8, 4) is 5.75 Å². The lowest BCUT2D eigenvalue weighted by atomic mass is 10.2. The molecular weight excluding hydrogens is 330 g/mol. The van der Waals surface area contributed by atoms with Gasteiger partial charge in [-0.2, -0.15) is 0 Å². The van der Waals surface area contributed by atoms with Gasteiger partial charge in [-0.15, -0.1) is 0 Å². The number of hydrogen-bond donors (Lipinski definition) is 1. The minimum Gasteiger partial charge on any atom is -0.495 e. The smallest absolute Gasteiger partial charge is 0.274 e. The fourth-order valence-electron chi connectivity index (χ4n) is 3.04. The second-order valence-electron chi connectivity index (χ2n) is 6.34. The number of carbonyl (C=O) groups excluding carboxylic acids is 1. The van der Waals surface area contributed by atoms with Crippen molar-refractivity contribution in [1.82, 2.24) is 14.9 Å². The fourth-order valence-corrected chi connectivity index (χ4v) is 3.04. The van der Waals surface area contributed by atoms with Crippen LogP contribution in [0.5, 0.6) is 5.75 Å². The third kappa shape index (κ3) is 4.11. The highest BCUT2D eigenvalue weighted by molar-refractivity contribution is 6.04. The second-order valence-corrected chi connectivity index (χ2v) is 6.34. The molecule has 2 heterocycles. The van der Waals surface area contributed by atoms with Gasteiger partial charge in [-0.3, -0.25) is 4.79 Å². The Morgan fingerprint density at radius 2 is 1.96 bits per heavy atom. The number of aryl methyl sites for hydroxylation is 1. The molecule has 1 aliphatic heterocycles. The highest BCUT2D eigenvalue weighted by Crippen LogP contribution is 2.25. The van der Waals surface area contributed by atoms with E-state index in [1.807, 2.05) is 25.1 Å². The summed E-state index contributed by atoms with van der Waals surface area (Å²) in [7, 11) is 1.58. The number of likely N-dealkylation sites (N-methyl/N-ethyl adjacent to an activating group) is 1. The molecule has 0 aliphatic carbocycles. The molecule has 1 aromatic carbocycles. The molecule has 0 atom stereocenters. The van der Waals surface area contributed by atoms with Gasteiger partial charge >= 0.3 is 0 Å². The Labute approximate surface area is 154 Å². The van der Waals surface area contributed by atoms with Gasteiger partial charge in [0.2, 0.25) is 0 Å². The van der Waals surface area contributed by atoms with Crippen molar-refractivity contribution >= 4 is 17.4 Å². The quantitative estimate of drug-likeness (QED) is 0.887. The standard InChI is InChI=1S/C19H25N5O2/c1-4-23-7-9-24(10-8-23)18-12-16(20-13-21-18)19(25)22-15-11-14(2)5-6-17(15)26-3/h5-6,11-13H,4,7-10H2,1-3H3,(H,22,25). The molecule has 7 heteroatoms. The van der Waals surface area contributed by atoms with Crippen LogP contribution in [0.1, 0.15) is 23.0 Å². The van der Waals surface area contributed by atoms with E-state index in [-0.39, 0.29) is 5.91 Å². The van der Waals surface area contributed by atoms with Crippen LogP contribution in [0.15, 0.2) is 30.6 Å². The minimum absolute atomic E-state index is 0.273. The Morgan fingerprint density at radius 3 is 2.65 bits per heavy atom. The van der Waals surface area contributed by atoms with Gasteiger partial charge in [0.25, 0.3) is 5.91 Å². The molecule has 1 saturated heterocycles. The summed E-state index contributed by atoms with van der Waals surface area (Å²) in [6.45, 7) is 9.00. The van der Waals surface area contributed by atoms with Crippen LogP contribution >= 0.6 is 0 Å². The van der Waals surface area contributed by atoms with Gasteiger partial charge in [0.1, 0.15) is 23.6 Å². The first kappa shape index (κ1) is 18.1. The molecule has 0 saturated carbocycles. The lowest BCUT2D eigenvalue weighted by molar-refractivity contribution is 0.102. The Kier molecular flexibility index (Phi) is 5.68. The van der Waals surface area contributed by atoms with Crippen LogP contribution in [0.2, 0.25) is 0 Å². The number of aromatic nitrogens is 2. The third-order valence-corrected chi connectivity index (χ3v) is 4.63. The van der Waals surface area contributed by atoms with Gasteiger partial charge in [-0.25, -0.2) is 9.97 Å². The van der Waals surface area contributed by atoms with Crippen molar-refractivity contribution in [2.24, 2.45) is 0 Å². The van der Waals surface area contributed by atoms with E-state index < -0.39 is 0 Å². The number of ether oxygens (including phenoxy) is 1. The monoisotopic (exact) mass is 355 g/mol. The molecule has 138 valence electrons. The zero-order valence-electron chi connectivity index (χ0n) is 15.5. The van der Waals surface area contributed by atoms with E-state index in [2.05, 4.69) is 32.0 Å². The van der Waals surface area contributed by atoms with Crippen molar-refractivity contribution in [2.75, 3.05) is 50.1 Å². The zero-order chi connectivity index (χ0) is 18.5. The van der Waals surface area contributed by atoms with Crippen molar-refractivity contribution in [1.29, 1.82) is 0 Å². The molecule has 7 nitrogen and oxygen atoms in total. The van der Waals surface area contributed by atoms with Gasteiger partial charge in [-0.05, 0) is 31.2 Å². The number of benzene rings is 1. The predicted molar refractivity (Wildman–Crippen MR) is 102 cm³/mol. The van der Waals surface area contributed by atoms with Gasteiger partial charge in [0, 0.05) is 32.2 Å². The summed E-state index contributed by atoms with van der Waals surface area (Å²) in [5.74, 6) is 1.13. The van der Waals surface area contributed by atoms with E-state index in [1.54, 1.807) is 13.2 Å². The first-order valence-electron chi connectivity index (χ1n) is 8.86. The van der Waals surface area contributed by atoms with Crippen LogP contribution in [0, 0.1) is 6.92 Å². The van der Waals surface area contributed by atoms with Crippen molar-refractivity contribution in [3.05, 3.63) is 41.9 Å². The maximum atomic E-state index is 12.6. The van der Waals surface area contributed by atoms with Crippen LogP contribution in [-0.2, 0) is 0 Å². The average molecular weight is 355 g/mol. The van der Waals surface area contributed by atoms with Gasteiger partial charge in [0.15, 0.2) is 0 Å². The summed E-state index contributed by atoms with van der Waals surface area (Å²) in [6.07, 6.45) is 1.45. The lowest BCUT2D eigenvalue weighted by Crippen LogP contribution is -2.46. The van der Waals surface area contributed by atoms with E-state index >= 15 is 0 Å². The number of nitrogens with zero attached hydrogens (tertiary/aromatic N) is 4. The summed E-state index contributed by atoms with van der Waals surface area (Å²) < 4.78 is 5.32. The molecule has 2 aromatic rings. The first-order valence-corrected chi connectivity index (χ1v) is 8.86. The molecular formula is C19H25N5O2. The first-order chi connectivity index (χ1) is 12.6. The van der Waals surface area contributed by atoms with Gasteiger partial charge in [-0.1, -0.05) is 13.0 Å². The van der Waals surface area contributed by atoms with E-state index in [9.17, 15) is 4.79 Å². The van der Waals surface area contributed by atoms with Gasteiger partial charge < -0.3 is 19.9 Å². The molecule has 1 amide bonds. The largest absolute Gasteiger partial charge is 0.495 e. The van der Waals surface area contributed by atoms with Crippen molar-refractivity contribution in [3.63, 3.8) is 0 Å². The number of rotatable bonds is 5. The highest BCUT2D eigenvalue weighted by atomic mass is 16.5. The number of nitrogens with one attached hydrogen (secondary N) is 1. The van der Waals surface area contributed by atoms with E-state index in [0.29, 0.717) is 17.1 Å². The molecule has 1 aliphatic rings. The molecule has 0 bridgehead atoms. The molecule has 1 N–H and O–H groups in total. The maximum absolute atomic E-state index is 12.6. The third-order valence-electron chi connectivity index (χ3n) is 4.63. The molecule has 0 unspecified atom stereocenters. The van der Waals surface area contributed by atoms with E-state index in [4.69, 9.17) is 4.74 Å². The van der Waals surface area contributed by atoms with Crippen LogP contribution in [0.25, 0.3) is 0 Å². The summed E-state index contributed by atoms with van der Waals surface area (Å²) in [5, 5.41) is 2.88. The Hall–Kier alpha value is -2.67. The Balaban J connectivity index is 1.74. The van der Waals surface area contributed by atoms with Crippen LogP contribution in [-0.4, -0.2) is 60.6 Å². The van der Waals surface area contributed by atoms with Crippen molar-refractivity contribution in [2.45, 2.75) is 13.8 Å². The number of carbonyl (C=O) groups is 1. The summed E-state index contributed by atoms with van der Waals surface area (Å²) >= 11 is 0. The van der Waals surface area contributed by atoms with Crippen LogP contribution in [0.4, 0.5) is 11.5 Å². The number of methoxy groups -OCH3 is 1.